The van der Waals surface area contributed by atoms with Crippen LogP contribution in [-0.2, 0) is 10.0 Å². The minimum atomic E-state index is -3.05. The molecule has 0 atom stereocenters. The van der Waals surface area contributed by atoms with Crippen LogP contribution in [0, 0.1) is 5.92 Å². The monoisotopic (exact) mass is 225 g/mol. The lowest BCUT2D eigenvalue weighted by Crippen LogP contribution is -2.27. The van der Waals surface area contributed by atoms with E-state index in [1.54, 1.807) is 0 Å². The van der Waals surface area contributed by atoms with Crippen LogP contribution in [0.5, 0.6) is 0 Å². The number of rotatable bonds is 7. The Morgan fingerprint density at radius 1 is 1.38 bits per heavy atom. The lowest BCUT2D eigenvalue weighted by Gasteiger charge is -2.04. The van der Waals surface area contributed by atoms with Crippen molar-refractivity contribution in [3.8, 4) is 0 Å². The molecule has 13 heavy (non-hydrogen) atoms. The molecule has 3 nitrogen and oxygen atoms in total. The zero-order valence-corrected chi connectivity index (χ0v) is 9.20. The molecule has 1 aliphatic rings. The van der Waals surface area contributed by atoms with E-state index in [9.17, 15) is 8.42 Å². The summed E-state index contributed by atoms with van der Waals surface area (Å²) in [5.41, 5.74) is 0. The molecule has 0 aliphatic heterocycles. The molecule has 0 bridgehead atoms. The van der Waals surface area contributed by atoms with E-state index in [2.05, 4.69) is 4.72 Å². The van der Waals surface area contributed by atoms with Gasteiger partial charge in [0.25, 0.3) is 0 Å². The molecular formula is C8H16ClNO2S. The van der Waals surface area contributed by atoms with Crippen molar-refractivity contribution in [3.05, 3.63) is 0 Å². The van der Waals surface area contributed by atoms with Gasteiger partial charge in [-0.05, 0) is 18.8 Å². The van der Waals surface area contributed by atoms with Crippen molar-refractivity contribution >= 4 is 21.6 Å². The molecule has 5 heteroatoms. The van der Waals surface area contributed by atoms with Crippen LogP contribution < -0.4 is 4.72 Å². The molecule has 1 aliphatic carbocycles. The van der Waals surface area contributed by atoms with Crippen LogP contribution in [-0.4, -0.2) is 26.6 Å². The van der Waals surface area contributed by atoms with Crippen molar-refractivity contribution in [2.24, 2.45) is 5.92 Å². The van der Waals surface area contributed by atoms with Gasteiger partial charge in [-0.1, -0.05) is 12.8 Å². The molecule has 0 radical (unpaired) electrons. The van der Waals surface area contributed by atoms with Gasteiger partial charge < -0.3 is 0 Å². The topological polar surface area (TPSA) is 46.2 Å². The van der Waals surface area contributed by atoms with Crippen molar-refractivity contribution in [3.63, 3.8) is 0 Å². The molecule has 1 N–H and O–H groups in total. The molecule has 0 aromatic carbocycles. The minimum Gasteiger partial charge on any atom is -0.215 e. The number of halogens is 1. The van der Waals surface area contributed by atoms with E-state index in [4.69, 9.17) is 11.6 Å². The first kappa shape index (κ1) is 11.3. The third kappa shape index (κ3) is 5.49. The number of hydrogen-bond donors (Lipinski definition) is 1. The Bertz CT molecular complexity index is 237. The molecule has 1 rings (SSSR count). The SMILES string of the molecule is O=S(=O)(CCCCl)NCCC1CC1. The second-order valence-corrected chi connectivity index (χ2v) is 5.79. The van der Waals surface area contributed by atoms with Crippen LogP contribution in [0.3, 0.4) is 0 Å². The average molecular weight is 226 g/mol. The van der Waals surface area contributed by atoms with E-state index in [1.165, 1.54) is 12.8 Å². The summed E-state index contributed by atoms with van der Waals surface area (Å²) in [6.45, 7) is 0.593. The van der Waals surface area contributed by atoms with E-state index in [0.29, 0.717) is 18.8 Å². The molecule has 0 aromatic rings. The minimum absolute atomic E-state index is 0.154. The molecule has 0 unspecified atom stereocenters. The third-order valence-corrected chi connectivity index (χ3v) is 3.86. The molecule has 0 aromatic heterocycles. The maximum absolute atomic E-state index is 11.2. The van der Waals surface area contributed by atoms with E-state index in [0.717, 1.165) is 12.3 Å². The highest BCUT2D eigenvalue weighted by Crippen LogP contribution is 2.31. The van der Waals surface area contributed by atoms with Crippen molar-refractivity contribution in [2.75, 3.05) is 18.2 Å². The molecule has 1 saturated carbocycles. The van der Waals surface area contributed by atoms with Gasteiger partial charge in [-0.25, -0.2) is 13.1 Å². The summed E-state index contributed by atoms with van der Waals surface area (Å²) in [5.74, 6) is 1.33. The fourth-order valence-electron chi connectivity index (χ4n) is 1.14. The highest BCUT2D eigenvalue weighted by atomic mass is 35.5. The summed E-state index contributed by atoms with van der Waals surface area (Å²) in [5, 5.41) is 0. The van der Waals surface area contributed by atoms with Crippen LogP contribution >= 0.6 is 11.6 Å². The van der Waals surface area contributed by atoms with Crippen LogP contribution in [0.4, 0.5) is 0 Å². The van der Waals surface area contributed by atoms with Crippen LogP contribution in [0.15, 0.2) is 0 Å². The van der Waals surface area contributed by atoms with Gasteiger partial charge in [0.1, 0.15) is 0 Å². The van der Waals surface area contributed by atoms with Crippen molar-refractivity contribution in [1.29, 1.82) is 0 Å². The first-order chi connectivity index (χ1) is 6.14. The lowest BCUT2D eigenvalue weighted by atomic mass is 10.3. The van der Waals surface area contributed by atoms with E-state index in [1.807, 2.05) is 0 Å². The van der Waals surface area contributed by atoms with E-state index >= 15 is 0 Å². The Hall–Kier alpha value is 0.200. The Balaban J connectivity index is 2.09. The van der Waals surface area contributed by atoms with E-state index < -0.39 is 10.0 Å². The Morgan fingerprint density at radius 2 is 2.08 bits per heavy atom. The second kappa shape index (κ2) is 5.17. The van der Waals surface area contributed by atoms with Crippen LogP contribution in [0.2, 0.25) is 0 Å². The van der Waals surface area contributed by atoms with Crippen molar-refractivity contribution in [1.82, 2.24) is 4.72 Å². The Labute approximate surface area is 84.9 Å². The quantitative estimate of drug-likeness (QED) is 0.665. The molecule has 0 spiro atoms. The maximum atomic E-state index is 11.2. The van der Waals surface area contributed by atoms with Gasteiger partial charge in [0, 0.05) is 12.4 Å². The number of sulfonamides is 1. The predicted molar refractivity (Wildman–Crippen MR) is 54.5 cm³/mol. The summed E-state index contributed by atoms with van der Waals surface area (Å²) in [7, 11) is -3.05. The summed E-state index contributed by atoms with van der Waals surface area (Å²) < 4.78 is 25.0. The standard InChI is InChI=1S/C8H16ClNO2S/c9-5-1-7-13(11,12)10-6-4-8-2-3-8/h8,10H,1-7H2. The smallest absolute Gasteiger partial charge is 0.211 e. The van der Waals surface area contributed by atoms with Gasteiger partial charge in [-0.3, -0.25) is 0 Å². The zero-order valence-electron chi connectivity index (χ0n) is 7.63. The normalized spacial score (nSPS) is 17.6. The average Bonchev–Trinajstić information content (AvgIpc) is 2.84. The van der Waals surface area contributed by atoms with Gasteiger partial charge >= 0.3 is 0 Å². The third-order valence-electron chi connectivity index (χ3n) is 2.12. The van der Waals surface area contributed by atoms with Crippen molar-refractivity contribution < 1.29 is 8.42 Å². The molecule has 0 amide bonds. The predicted octanol–water partition coefficient (Wildman–Crippen LogP) is 1.33. The highest BCUT2D eigenvalue weighted by Gasteiger charge is 2.21. The molecule has 1 fully saturated rings. The first-order valence-corrected chi connectivity index (χ1v) is 6.86. The second-order valence-electron chi connectivity index (χ2n) is 3.49. The summed E-state index contributed by atoms with van der Waals surface area (Å²) >= 11 is 5.41. The largest absolute Gasteiger partial charge is 0.215 e. The van der Waals surface area contributed by atoms with Gasteiger partial charge in [0.05, 0.1) is 5.75 Å². The van der Waals surface area contributed by atoms with Gasteiger partial charge in [-0.15, -0.1) is 11.6 Å². The van der Waals surface area contributed by atoms with Gasteiger partial charge in [0.2, 0.25) is 10.0 Å². The summed E-state index contributed by atoms with van der Waals surface area (Å²) in [6.07, 6.45) is 4.05. The lowest BCUT2D eigenvalue weighted by molar-refractivity contribution is 0.574. The zero-order chi connectivity index (χ0) is 9.73. The summed E-state index contributed by atoms with van der Waals surface area (Å²) in [6, 6.07) is 0. The molecular weight excluding hydrogens is 210 g/mol. The fourth-order valence-corrected chi connectivity index (χ4v) is 2.53. The van der Waals surface area contributed by atoms with Crippen molar-refractivity contribution in [2.45, 2.75) is 25.7 Å². The molecule has 0 heterocycles. The Morgan fingerprint density at radius 3 is 2.62 bits per heavy atom. The van der Waals surface area contributed by atoms with Gasteiger partial charge in [-0.2, -0.15) is 0 Å². The highest BCUT2D eigenvalue weighted by molar-refractivity contribution is 7.89. The summed E-state index contributed by atoms with van der Waals surface area (Å²) in [4.78, 5) is 0. The number of alkyl halides is 1. The Kier molecular flexibility index (Phi) is 4.49. The molecule has 78 valence electrons. The number of hydrogen-bond acceptors (Lipinski definition) is 2. The first-order valence-electron chi connectivity index (χ1n) is 4.67. The number of nitrogens with one attached hydrogen (secondary N) is 1. The van der Waals surface area contributed by atoms with E-state index in [-0.39, 0.29) is 5.75 Å². The fraction of sp³-hybridized carbons (Fsp3) is 1.00. The molecule has 0 saturated heterocycles. The van der Waals surface area contributed by atoms with Crippen LogP contribution in [0.25, 0.3) is 0 Å². The maximum Gasteiger partial charge on any atom is 0.211 e. The van der Waals surface area contributed by atoms with Gasteiger partial charge in [0.15, 0.2) is 0 Å². The van der Waals surface area contributed by atoms with Crippen LogP contribution in [0.1, 0.15) is 25.7 Å².